The summed E-state index contributed by atoms with van der Waals surface area (Å²) in [6.45, 7) is 10.1. The van der Waals surface area contributed by atoms with Crippen LogP contribution < -0.4 is 5.32 Å². The fraction of sp³-hybridized carbons (Fsp3) is 0.562. The molecule has 0 aliphatic carbocycles. The second-order valence-corrected chi connectivity index (χ2v) is 6.34. The number of rotatable bonds is 4. The Kier molecular flexibility index (Phi) is 5.12. The van der Waals surface area contributed by atoms with Crippen molar-refractivity contribution in [3.8, 4) is 0 Å². The summed E-state index contributed by atoms with van der Waals surface area (Å²) >= 11 is 0. The molecule has 19 heavy (non-hydrogen) atoms. The van der Waals surface area contributed by atoms with Crippen LogP contribution in [0.4, 0.5) is 0 Å². The standard InChI is InChI=1S/C16H26N2O/c1-12-11-13(16(2,3)4)7-8-14(12)15(19)17-9-10-18(5)6/h7-8,11H,9-10H2,1-6H3,(H,17,19). The van der Waals surface area contributed by atoms with Crippen molar-refractivity contribution in [2.24, 2.45) is 0 Å². The fourth-order valence-corrected chi connectivity index (χ4v) is 1.87. The van der Waals surface area contributed by atoms with Crippen molar-refractivity contribution < 1.29 is 4.79 Å². The van der Waals surface area contributed by atoms with Gasteiger partial charge in [0.15, 0.2) is 0 Å². The van der Waals surface area contributed by atoms with E-state index in [4.69, 9.17) is 0 Å². The van der Waals surface area contributed by atoms with E-state index in [1.165, 1.54) is 5.56 Å². The smallest absolute Gasteiger partial charge is 0.251 e. The molecule has 1 aromatic rings. The zero-order chi connectivity index (χ0) is 14.6. The lowest BCUT2D eigenvalue weighted by Gasteiger charge is -2.20. The second kappa shape index (κ2) is 6.20. The SMILES string of the molecule is Cc1cc(C(C)(C)C)ccc1C(=O)NCCN(C)C. The molecule has 0 saturated heterocycles. The van der Waals surface area contributed by atoms with Crippen LogP contribution in [0.25, 0.3) is 0 Å². The number of benzene rings is 1. The van der Waals surface area contributed by atoms with Crippen LogP contribution in [0, 0.1) is 6.92 Å². The Morgan fingerprint density at radius 3 is 2.37 bits per heavy atom. The highest BCUT2D eigenvalue weighted by atomic mass is 16.1. The summed E-state index contributed by atoms with van der Waals surface area (Å²) in [5.41, 5.74) is 3.18. The van der Waals surface area contributed by atoms with E-state index in [1.807, 2.05) is 33.2 Å². The molecule has 0 aliphatic rings. The number of nitrogens with one attached hydrogen (secondary N) is 1. The van der Waals surface area contributed by atoms with Crippen molar-refractivity contribution in [3.05, 3.63) is 34.9 Å². The number of amides is 1. The van der Waals surface area contributed by atoms with E-state index in [1.54, 1.807) is 0 Å². The highest BCUT2D eigenvalue weighted by Gasteiger charge is 2.16. The summed E-state index contributed by atoms with van der Waals surface area (Å²) < 4.78 is 0. The normalized spacial score (nSPS) is 11.7. The highest BCUT2D eigenvalue weighted by molar-refractivity contribution is 5.95. The third-order valence-corrected chi connectivity index (χ3v) is 3.18. The van der Waals surface area contributed by atoms with Gasteiger partial charge in [0.05, 0.1) is 0 Å². The molecule has 3 nitrogen and oxygen atoms in total. The molecule has 0 fully saturated rings. The summed E-state index contributed by atoms with van der Waals surface area (Å²) in [5.74, 6) is 0.0137. The van der Waals surface area contributed by atoms with Crippen LogP contribution >= 0.6 is 0 Å². The molecule has 0 aliphatic heterocycles. The molecule has 1 aromatic carbocycles. The average Bonchev–Trinajstić information content (AvgIpc) is 2.26. The average molecular weight is 262 g/mol. The first kappa shape index (κ1) is 15.7. The Bertz CT molecular complexity index is 445. The van der Waals surface area contributed by atoms with E-state index < -0.39 is 0 Å². The Morgan fingerprint density at radius 2 is 1.89 bits per heavy atom. The van der Waals surface area contributed by atoms with Gasteiger partial charge < -0.3 is 10.2 Å². The van der Waals surface area contributed by atoms with Gasteiger partial charge in [-0.2, -0.15) is 0 Å². The quantitative estimate of drug-likeness (QED) is 0.904. The first-order valence-corrected chi connectivity index (χ1v) is 6.76. The molecule has 1 rings (SSSR count). The molecule has 0 bridgehead atoms. The molecular formula is C16H26N2O. The summed E-state index contributed by atoms with van der Waals surface area (Å²) in [7, 11) is 3.99. The van der Waals surface area contributed by atoms with E-state index in [-0.39, 0.29) is 11.3 Å². The van der Waals surface area contributed by atoms with Gasteiger partial charge >= 0.3 is 0 Å². The predicted octanol–water partition coefficient (Wildman–Crippen LogP) is 2.58. The maximum absolute atomic E-state index is 12.1. The second-order valence-electron chi connectivity index (χ2n) is 6.34. The maximum atomic E-state index is 12.1. The van der Waals surface area contributed by atoms with Crippen LogP contribution in [0.15, 0.2) is 18.2 Å². The first-order chi connectivity index (χ1) is 8.71. The molecule has 0 atom stereocenters. The largest absolute Gasteiger partial charge is 0.351 e. The number of carbonyl (C=O) groups excluding carboxylic acids is 1. The highest BCUT2D eigenvalue weighted by Crippen LogP contribution is 2.24. The van der Waals surface area contributed by atoms with Gasteiger partial charge in [-0.25, -0.2) is 0 Å². The van der Waals surface area contributed by atoms with Gasteiger partial charge in [-0.15, -0.1) is 0 Å². The third kappa shape index (κ3) is 4.67. The molecule has 0 spiro atoms. The van der Waals surface area contributed by atoms with Gasteiger partial charge in [-0.05, 0) is 43.6 Å². The van der Waals surface area contributed by atoms with E-state index in [0.29, 0.717) is 6.54 Å². The van der Waals surface area contributed by atoms with Gasteiger partial charge in [0, 0.05) is 18.7 Å². The number of carbonyl (C=O) groups is 1. The predicted molar refractivity (Wildman–Crippen MR) is 80.8 cm³/mol. The van der Waals surface area contributed by atoms with Crippen molar-refractivity contribution in [2.45, 2.75) is 33.1 Å². The zero-order valence-corrected chi connectivity index (χ0v) is 13.0. The molecule has 0 radical (unpaired) electrons. The van der Waals surface area contributed by atoms with Gasteiger partial charge in [0.2, 0.25) is 0 Å². The van der Waals surface area contributed by atoms with Crippen molar-refractivity contribution in [1.82, 2.24) is 10.2 Å². The topological polar surface area (TPSA) is 32.3 Å². The Hall–Kier alpha value is -1.35. The summed E-state index contributed by atoms with van der Waals surface area (Å²) in [5, 5.41) is 2.95. The van der Waals surface area contributed by atoms with Crippen LogP contribution in [-0.2, 0) is 5.41 Å². The molecule has 0 saturated carbocycles. The van der Waals surface area contributed by atoms with Crippen LogP contribution in [0.1, 0.15) is 42.3 Å². The summed E-state index contributed by atoms with van der Waals surface area (Å²) in [6, 6.07) is 6.09. The molecule has 0 unspecified atom stereocenters. The van der Waals surface area contributed by atoms with Crippen molar-refractivity contribution in [3.63, 3.8) is 0 Å². The Morgan fingerprint density at radius 1 is 1.26 bits per heavy atom. The monoisotopic (exact) mass is 262 g/mol. The van der Waals surface area contributed by atoms with Gasteiger partial charge in [-0.3, -0.25) is 4.79 Å². The lowest BCUT2D eigenvalue weighted by molar-refractivity contribution is 0.0950. The van der Waals surface area contributed by atoms with Gasteiger partial charge in [0.1, 0.15) is 0 Å². The van der Waals surface area contributed by atoms with E-state index in [2.05, 4.69) is 37.1 Å². The van der Waals surface area contributed by atoms with Crippen LogP contribution in [0.5, 0.6) is 0 Å². The summed E-state index contributed by atoms with van der Waals surface area (Å²) in [4.78, 5) is 14.1. The molecular weight excluding hydrogens is 236 g/mol. The number of likely N-dealkylation sites (N-methyl/N-ethyl adjacent to an activating group) is 1. The van der Waals surface area contributed by atoms with Crippen LogP contribution in [-0.4, -0.2) is 38.0 Å². The van der Waals surface area contributed by atoms with Gasteiger partial charge in [-0.1, -0.05) is 32.9 Å². The van der Waals surface area contributed by atoms with E-state index in [0.717, 1.165) is 17.7 Å². The van der Waals surface area contributed by atoms with Crippen LogP contribution in [0.3, 0.4) is 0 Å². The lowest BCUT2D eigenvalue weighted by atomic mass is 9.85. The minimum Gasteiger partial charge on any atom is -0.351 e. The molecule has 1 amide bonds. The number of hydrogen-bond donors (Lipinski definition) is 1. The molecule has 1 N–H and O–H groups in total. The zero-order valence-electron chi connectivity index (χ0n) is 13.0. The van der Waals surface area contributed by atoms with E-state index in [9.17, 15) is 4.79 Å². The number of hydrogen-bond acceptors (Lipinski definition) is 2. The maximum Gasteiger partial charge on any atom is 0.251 e. The summed E-state index contributed by atoms with van der Waals surface area (Å²) in [6.07, 6.45) is 0. The first-order valence-electron chi connectivity index (χ1n) is 6.76. The Labute approximate surface area is 117 Å². The third-order valence-electron chi connectivity index (χ3n) is 3.18. The lowest BCUT2D eigenvalue weighted by Crippen LogP contribution is -2.31. The molecule has 106 valence electrons. The number of aryl methyl sites for hydroxylation is 1. The van der Waals surface area contributed by atoms with Gasteiger partial charge in [0.25, 0.3) is 5.91 Å². The van der Waals surface area contributed by atoms with Crippen molar-refractivity contribution in [1.29, 1.82) is 0 Å². The molecule has 0 heterocycles. The minimum absolute atomic E-state index is 0.0137. The Balaban J connectivity index is 2.77. The van der Waals surface area contributed by atoms with Crippen molar-refractivity contribution >= 4 is 5.91 Å². The molecule has 3 heteroatoms. The van der Waals surface area contributed by atoms with Crippen molar-refractivity contribution in [2.75, 3.05) is 27.2 Å². The van der Waals surface area contributed by atoms with Crippen LogP contribution in [0.2, 0.25) is 0 Å². The minimum atomic E-state index is 0.0137. The van der Waals surface area contributed by atoms with E-state index >= 15 is 0 Å². The fourth-order valence-electron chi connectivity index (χ4n) is 1.87. The molecule has 0 aromatic heterocycles. The number of nitrogens with zero attached hydrogens (tertiary/aromatic N) is 1.